The molecule has 1 heterocycles. The zero-order chi connectivity index (χ0) is 18.0. The number of sulfonamides is 1. The minimum Gasteiger partial charge on any atom is -0.312 e. The first-order valence-electron chi connectivity index (χ1n) is 8.37. The van der Waals surface area contributed by atoms with Crippen LogP contribution in [0.25, 0.3) is 0 Å². The molecule has 0 spiro atoms. The zero-order valence-electron chi connectivity index (χ0n) is 14.4. The third-order valence-electron chi connectivity index (χ3n) is 4.49. The number of nitrogens with one attached hydrogen (secondary N) is 1. The second-order valence-corrected chi connectivity index (χ2v) is 8.03. The van der Waals surface area contributed by atoms with Crippen molar-refractivity contribution in [3.63, 3.8) is 0 Å². The zero-order valence-corrected chi connectivity index (χ0v) is 15.2. The van der Waals surface area contributed by atoms with E-state index in [2.05, 4.69) is 4.72 Å². The van der Waals surface area contributed by atoms with Gasteiger partial charge in [0.2, 0.25) is 15.9 Å². The highest BCUT2D eigenvalue weighted by Gasteiger charge is 2.24. The van der Waals surface area contributed by atoms with Crippen LogP contribution in [0.2, 0.25) is 0 Å². The van der Waals surface area contributed by atoms with Crippen LogP contribution in [0.4, 0.5) is 5.69 Å². The second-order valence-electron chi connectivity index (χ2n) is 6.32. The van der Waals surface area contributed by atoms with Crippen molar-refractivity contribution in [2.24, 2.45) is 0 Å². The van der Waals surface area contributed by atoms with E-state index in [1.54, 1.807) is 23.1 Å². The molecule has 0 bridgehead atoms. The number of rotatable bonds is 4. The molecule has 1 amide bonds. The van der Waals surface area contributed by atoms with E-state index in [4.69, 9.17) is 0 Å². The first-order valence-corrected chi connectivity index (χ1v) is 9.85. The maximum absolute atomic E-state index is 12.7. The Morgan fingerprint density at radius 1 is 1.16 bits per heavy atom. The number of hydrogen-bond donors (Lipinski definition) is 1. The van der Waals surface area contributed by atoms with Gasteiger partial charge < -0.3 is 4.90 Å². The van der Waals surface area contributed by atoms with Gasteiger partial charge in [-0.05, 0) is 49.1 Å². The van der Waals surface area contributed by atoms with Gasteiger partial charge in [-0.3, -0.25) is 4.79 Å². The van der Waals surface area contributed by atoms with Crippen LogP contribution in [0.1, 0.15) is 37.4 Å². The summed E-state index contributed by atoms with van der Waals surface area (Å²) in [7, 11) is -3.63. The van der Waals surface area contributed by atoms with E-state index in [1.165, 1.54) is 6.92 Å². The maximum atomic E-state index is 12.7. The van der Waals surface area contributed by atoms with Crippen molar-refractivity contribution < 1.29 is 13.2 Å². The molecule has 1 N–H and O–H groups in total. The minimum atomic E-state index is -3.63. The summed E-state index contributed by atoms with van der Waals surface area (Å²) in [4.78, 5) is 13.7. The summed E-state index contributed by atoms with van der Waals surface area (Å²) in [5, 5.41) is 0. The van der Waals surface area contributed by atoms with Crippen LogP contribution in [-0.4, -0.2) is 20.9 Å². The topological polar surface area (TPSA) is 66.5 Å². The maximum Gasteiger partial charge on any atom is 0.241 e. The fourth-order valence-corrected chi connectivity index (χ4v) is 4.46. The third kappa shape index (κ3) is 3.75. The Kier molecular flexibility index (Phi) is 4.92. The minimum absolute atomic E-state index is 0.0209. The summed E-state index contributed by atoms with van der Waals surface area (Å²) in [6.45, 7) is 4.03. The lowest BCUT2D eigenvalue weighted by Gasteiger charge is -2.29. The molecule has 0 aromatic heterocycles. The Morgan fingerprint density at radius 3 is 2.56 bits per heavy atom. The van der Waals surface area contributed by atoms with Gasteiger partial charge >= 0.3 is 0 Å². The molecule has 5 nitrogen and oxygen atoms in total. The van der Waals surface area contributed by atoms with Crippen LogP contribution in [0.15, 0.2) is 53.4 Å². The molecule has 25 heavy (non-hydrogen) atoms. The number of anilines is 1. The van der Waals surface area contributed by atoms with Crippen LogP contribution in [0.3, 0.4) is 0 Å². The molecular formula is C19H22N2O3S. The number of carbonyl (C=O) groups is 1. The van der Waals surface area contributed by atoms with Crippen LogP contribution < -0.4 is 9.62 Å². The molecule has 0 radical (unpaired) electrons. The highest BCUT2D eigenvalue weighted by molar-refractivity contribution is 7.89. The van der Waals surface area contributed by atoms with E-state index in [-0.39, 0.29) is 16.8 Å². The number of amides is 1. The number of aryl methyl sites for hydroxylation is 1. The SMILES string of the molecule is CC(=O)N1CCCc2cc(S(=O)(=O)N[C@H](C)c3ccccc3)ccc21. The van der Waals surface area contributed by atoms with Gasteiger partial charge in [-0.2, -0.15) is 0 Å². The Labute approximate surface area is 148 Å². The predicted molar refractivity (Wildman–Crippen MR) is 98.0 cm³/mol. The first kappa shape index (κ1) is 17.6. The van der Waals surface area contributed by atoms with Crippen molar-refractivity contribution in [3.8, 4) is 0 Å². The normalized spacial score (nSPS) is 15.5. The van der Waals surface area contributed by atoms with Gasteiger partial charge in [0, 0.05) is 25.2 Å². The smallest absolute Gasteiger partial charge is 0.241 e. The first-order chi connectivity index (χ1) is 11.9. The summed E-state index contributed by atoms with van der Waals surface area (Å²) in [6, 6.07) is 14.1. The average molecular weight is 358 g/mol. The van der Waals surface area contributed by atoms with Crippen LogP contribution in [-0.2, 0) is 21.2 Å². The molecule has 2 aromatic carbocycles. The monoisotopic (exact) mass is 358 g/mol. The Hall–Kier alpha value is -2.18. The van der Waals surface area contributed by atoms with E-state index >= 15 is 0 Å². The Bertz CT molecular complexity index is 879. The van der Waals surface area contributed by atoms with Crippen molar-refractivity contribution >= 4 is 21.6 Å². The van der Waals surface area contributed by atoms with Crippen molar-refractivity contribution in [2.45, 2.75) is 37.6 Å². The number of nitrogens with zero attached hydrogens (tertiary/aromatic N) is 1. The molecule has 6 heteroatoms. The molecule has 0 saturated carbocycles. The number of fused-ring (bicyclic) bond motifs is 1. The molecule has 1 aliphatic rings. The number of carbonyl (C=O) groups excluding carboxylic acids is 1. The summed E-state index contributed by atoms with van der Waals surface area (Å²) in [6.07, 6.45) is 1.61. The lowest BCUT2D eigenvalue weighted by molar-refractivity contribution is -0.116. The van der Waals surface area contributed by atoms with Crippen molar-refractivity contribution in [1.82, 2.24) is 4.72 Å². The largest absolute Gasteiger partial charge is 0.312 e. The lowest BCUT2D eigenvalue weighted by Crippen LogP contribution is -2.34. The molecule has 132 valence electrons. The summed E-state index contributed by atoms with van der Waals surface area (Å²) < 4.78 is 28.2. The fraction of sp³-hybridized carbons (Fsp3) is 0.316. The van der Waals surface area contributed by atoms with Crippen LogP contribution in [0.5, 0.6) is 0 Å². The van der Waals surface area contributed by atoms with Gasteiger partial charge in [0.15, 0.2) is 0 Å². The molecule has 1 atom stereocenters. The molecule has 1 aliphatic heterocycles. The van der Waals surface area contributed by atoms with Gasteiger partial charge in [0.05, 0.1) is 4.90 Å². The molecular weight excluding hydrogens is 336 g/mol. The molecule has 2 aromatic rings. The van der Waals surface area contributed by atoms with Crippen molar-refractivity contribution in [1.29, 1.82) is 0 Å². The van der Waals surface area contributed by atoms with Gasteiger partial charge in [0.25, 0.3) is 0 Å². The van der Waals surface area contributed by atoms with E-state index in [0.717, 1.165) is 29.7 Å². The van der Waals surface area contributed by atoms with Crippen LogP contribution >= 0.6 is 0 Å². The van der Waals surface area contributed by atoms with Gasteiger partial charge in [-0.25, -0.2) is 13.1 Å². The average Bonchev–Trinajstić information content (AvgIpc) is 2.61. The summed E-state index contributed by atoms with van der Waals surface area (Å²) in [5.74, 6) is -0.0209. The van der Waals surface area contributed by atoms with E-state index < -0.39 is 10.0 Å². The third-order valence-corrected chi connectivity index (χ3v) is 6.03. The molecule has 0 aliphatic carbocycles. The standard InChI is InChI=1S/C19H22N2O3S/c1-14(16-7-4-3-5-8-16)20-25(23,24)18-10-11-19-17(13-18)9-6-12-21(19)15(2)22/h3-5,7-8,10-11,13-14,20H,6,9,12H2,1-2H3/t14-/m1/s1. The van der Waals surface area contributed by atoms with Gasteiger partial charge in [0.1, 0.15) is 0 Å². The summed E-state index contributed by atoms with van der Waals surface area (Å²) >= 11 is 0. The van der Waals surface area contributed by atoms with E-state index in [9.17, 15) is 13.2 Å². The number of hydrogen-bond acceptors (Lipinski definition) is 3. The number of benzene rings is 2. The quantitative estimate of drug-likeness (QED) is 0.913. The highest BCUT2D eigenvalue weighted by atomic mass is 32.2. The summed E-state index contributed by atoms with van der Waals surface area (Å²) in [5.41, 5.74) is 2.62. The van der Waals surface area contributed by atoms with E-state index in [0.29, 0.717) is 6.54 Å². The molecule has 0 saturated heterocycles. The Balaban J connectivity index is 1.87. The molecule has 0 fully saturated rings. The van der Waals surface area contributed by atoms with E-state index in [1.807, 2.05) is 37.3 Å². The lowest BCUT2D eigenvalue weighted by atomic mass is 10.0. The van der Waals surface area contributed by atoms with Crippen molar-refractivity contribution in [2.75, 3.05) is 11.4 Å². The Morgan fingerprint density at radius 2 is 1.88 bits per heavy atom. The van der Waals surface area contributed by atoms with Gasteiger partial charge in [-0.1, -0.05) is 30.3 Å². The fourth-order valence-electron chi connectivity index (χ4n) is 3.18. The molecule has 3 rings (SSSR count). The molecule has 0 unspecified atom stereocenters. The van der Waals surface area contributed by atoms with Crippen LogP contribution in [0, 0.1) is 0 Å². The highest BCUT2D eigenvalue weighted by Crippen LogP contribution is 2.30. The van der Waals surface area contributed by atoms with Crippen molar-refractivity contribution in [3.05, 3.63) is 59.7 Å². The predicted octanol–water partition coefficient (Wildman–Crippen LogP) is 3.03. The van der Waals surface area contributed by atoms with Gasteiger partial charge in [-0.15, -0.1) is 0 Å². The second kappa shape index (κ2) is 6.98.